The predicted molar refractivity (Wildman–Crippen MR) is 110 cm³/mol. The molecule has 2 atom stereocenters. The van der Waals surface area contributed by atoms with Crippen LogP contribution in [-0.2, 0) is 0 Å². The molecular weight excluding hydrogens is 457 g/mol. The highest BCUT2D eigenvalue weighted by atomic mass is 35.5. The molecular formula is C19H21ClF5N7. The van der Waals surface area contributed by atoms with Crippen molar-refractivity contribution in [3.63, 3.8) is 0 Å². The van der Waals surface area contributed by atoms with Crippen molar-refractivity contribution < 1.29 is 22.0 Å². The van der Waals surface area contributed by atoms with Gasteiger partial charge in [0.05, 0.1) is 11.1 Å². The Bertz CT molecular complexity index is 1090. The van der Waals surface area contributed by atoms with Gasteiger partial charge in [-0.1, -0.05) is 11.6 Å². The fourth-order valence-corrected chi connectivity index (χ4v) is 3.33. The van der Waals surface area contributed by atoms with Crippen LogP contribution in [0.1, 0.15) is 24.9 Å². The van der Waals surface area contributed by atoms with Crippen LogP contribution in [0.15, 0.2) is 18.5 Å². The first-order valence-corrected chi connectivity index (χ1v) is 9.90. The molecule has 3 aromatic rings. The Morgan fingerprint density at radius 1 is 1.19 bits per heavy atom. The van der Waals surface area contributed by atoms with E-state index in [2.05, 4.69) is 20.4 Å². The zero-order valence-electron chi connectivity index (χ0n) is 17.4. The van der Waals surface area contributed by atoms with Gasteiger partial charge in [0, 0.05) is 6.04 Å². The van der Waals surface area contributed by atoms with Gasteiger partial charge in [0.15, 0.2) is 0 Å². The summed E-state index contributed by atoms with van der Waals surface area (Å²) in [5.41, 5.74) is 5.18. The van der Waals surface area contributed by atoms with E-state index in [1.165, 1.54) is 0 Å². The number of alkyl halides is 3. The van der Waals surface area contributed by atoms with Crippen molar-refractivity contribution in [2.24, 2.45) is 5.73 Å². The summed E-state index contributed by atoms with van der Waals surface area (Å²) < 4.78 is 70.8. The van der Waals surface area contributed by atoms with Crippen molar-refractivity contribution in [1.29, 1.82) is 0 Å². The van der Waals surface area contributed by atoms with Gasteiger partial charge in [0.2, 0.25) is 0 Å². The van der Waals surface area contributed by atoms with E-state index in [1.807, 2.05) is 19.0 Å². The summed E-state index contributed by atoms with van der Waals surface area (Å²) in [6, 6.07) is -0.656. The molecule has 0 fully saturated rings. The summed E-state index contributed by atoms with van der Waals surface area (Å²) >= 11 is 6.15. The van der Waals surface area contributed by atoms with Gasteiger partial charge < -0.3 is 16.0 Å². The lowest BCUT2D eigenvalue weighted by atomic mass is 9.98. The van der Waals surface area contributed by atoms with Gasteiger partial charge in [0.25, 0.3) is 5.78 Å². The Morgan fingerprint density at radius 3 is 2.38 bits per heavy atom. The van der Waals surface area contributed by atoms with Gasteiger partial charge in [0.1, 0.15) is 35.0 Å². The van der Waals surface area contributed by atoms with Crippen molar-refractivity contribution in [1.82, 2.24) is 24.5 Å². The Morgan fingerprint density at radius 2 is 1.81 bits per heavy atom. The van der Waals surface area contributed by atoms with Crippen LogP contribution in [-0.4, -0.2) is 57.3 Å². The van der Waals surface area contributed by atoms with Gasteiger partial charge in [-0.05, 0) is 51.7 Å². The predicted octanol–water partition coefficient (Wildman–Crippen LogP) is 4.04. The molecule has 0 amide bonds. The van der Waals surface area contributed by atoms with Crippen LogP contribution < -0.4 is 11.1 Å². The fourth-order valence-electron chi connectivity index (χ4n) is 3.07. The summed E-state index contributed by atoms with van der Waals surface area (Å²) in [4.78, 5) is 9.56. The van der Waals surface area contributed by atoms with Crippen molar-refractivity contribution in [2.75, 3.05) is 26.0 Å². The van der Waals surface area contributed by atoms with Crippen LogP contribution >= 0.6 is 11.6 Å². The Hall–Kier alpha value is -2.57. The number of anilines is 1. The van der Waals surface area contributed by atoms with Gasteiger partial charge in [-0.15, -0.1) is 0 Å². The Balaban J connectivity index is 2.15. The molecule has 1 aromatic carbocycles. The van der Waals surface area contributed by atoms with E-state index in [1.54, 1.807) is 0 Å². The van der Waals surface area contributed by atoms with Crippen LogP contribution in [0.5, 0.6) is 0 Å². The lowest BCUT2D eigenvalue weighted by Crippen LogP contribution is -2.34. The SMILES string of the molecule is C[C@H](Nc1c(-c2c(F)cc(C(N)CCN(C)C)cc2F)c(Cl)nc2ncnn12)C(F)(F)F. The molecule has 0 aliphatic rings. The molecule has 7 nitrogen and oxygen atoms in total. The minimum atomic E-state index is -4.65. The van der Waals surface area contributed by atoms with Gasteiger partial charge in [-0.2, -0.15) is 32.8 Å². The minimum absolute atomic E-state index is 0.140. The first-order valence-electron chi connectivity index (χ1n) is 9.52. The fraction of sp³-hybridized carbons (Fsp3) is 0.421. The number of benzene rings is 1. The number of hydrogen-bond acceptors (Lipinski definition) is 6. The van der Waals surface area contributed by atoms with E-state index in [0.717, 1.165) is 29.9 Å². The first kappa shape index (κ1) is 24.1. The molecule has 1 unspecified atom stereocenters. The molecule has 0 radical (unpaired) electrons. The highest BCUT2D eigenvalue weighted by Crippen LogP contribution is 2.39. The third kappa shape index (κ3) is 4.92. The molecule has 0 bridgehead atoms. The van der Waals surface area contributed by atoms with Crippen molar-refractivity contribution in [2.45, 2.75) is 31.6 Å². The zero-order valence-corrected chi connectivity index (χ0v) is 18.1. The van der Waals surface area contributed by atoms with Crippen LogP contribution in [0, 0.1) is 11.6 Å². The average molecular weight is 478 g/mol. The molecule has 0 aliphatic carbocycles. The van der Waals surface area contributed by atoms with Crippen molar-refractivity contribution in [3.8, 4) is 11.1 Å². The van der Waals surface area contributed by atoms with E-state index in [4.69, 9.17) is 17.3 Å². The first-order chi connectivity index (χ1) is 14.9. The molecule has 0 saturated heterocycles. The maximum atomic E-state index is 15.1. The third-order valence-electron chi connectivity index (χ3n) is 4.86. The Labute approximate surface area is 185 Å². The molecule has 174 valence electrons. The molecule has 0 spiro atoms. The normalized spacial score (nSPS) is 14.2. The van der Waals surface area contributed by atoms with Gasteiger partial charge in [-0.25, -0.2) is 8.78 Å². The van der Waals surface area contributed by atoms with Gasteiger partial charge in [-0.3, -0.25) is 0 Å². The standard InChI is InChI=1S/C19H21ClF5N7/c1-9(19(23,24)25)29-17-15(16(20)30-18-27-8-28-32(17)18)14-11(21)6-10(7-12(14)22)13(26)4-5-31(2)3/h6-9,13,29H,4-5,26H2,1-3H3/t9-,13?/m0/s1. The van der Waals surface area contributed by atoms with E-state index in [9.17, 15) is 13.2 Å². The summed E-state index contributed by atoms with van der Waals surface area (Å²) in [5, 5.41) is 5.56. The van der Waals surface area contributed by atoms with E-state index >= 15 is 8.78 Å². The number of nitrogens with zero attached hydrogens (tertiary/aromatic N) is 5. The maximum Gasteiger partial charge on any atom is 0.408 e. The monoisotopic (exact) mass is 477 g/mol. The largest absolute Gasteiger partial charge is 0.408 e. The lowest BCUT2D eigenvalue weighted by molar-refractivity contribution is -0.138. The second kappa shape index (κ2) is 9.12. The van der Waals surface area contributed by atoms with Crippen LogP contribution in [0.25, 0.3) is 16.9 Å². The zero-order chi connectivity index (χ0) is 23.8. The number of nitrogens with two attached hydrogens (primary N) is 1. The topological polar surface area (TPSA) is 84.4 Å². The van der Waals surface area contributed by atoms with Crippen LogP contribution in [0.2, 0.25) is 5.15 Å². The number of halogens is 6. The lowest BCUT2D eigenvalue weighted by Gasteiger charge is -2.22. The third-order valence-corrected chi connectivity index (χ3v) is 5.13. The summed E-state index contributed by atoms with van der Waals surface area (Å²) in [6.07, 6.45) is -3.18. The second-order valence-corrected chi connectivity index (χ2v) is 7.92. The molecule has 32 heavy (non-hydrogen) atoms. The van der Waals surface area contributed by atoms with E-state index < -0.39 is 52.0 Å². The summed E-state index contributed by atoms with van der Waals surface area (Å²) in [7, 11) is 3.67. The summed E-state index contributed by atoms with van der Waals surface area (Å²) in [6.45, 7) is 1.44. The molecule has 3 rings (SSSR count). The molecule has 13 heteroatoms. The molecule has 2 aromatic heterocycles. The highest BCUT2D eigenvalue weighted by Gasteiger charge is 2.37. The number of hydrogen-bond donors (Lipinski definition) is 2. The molecule has 2 heterocycles. The van der Waals surface area contributed by atoms with E-state index in [0.29, 0.717) is 13.0 Å². The maximum absolute atomic E-state index is 15.1. The average Bonchev–Trinajstić information content (AvgIpc) is 3.14. The number of rotatable bonds is 7. The summed E-state index contributed by atoms with van der Waals surface area (Å²) in [5.74, 6) is -2.64. The second-order valence-electron chi connectivity index (χ2n) is 7.56. The van der Waals surface area contributed by atoms with Gasteiger partial charge >= 0.3 is 6.18 Å². The van der Waals surface area contributed by atoms with Crippen LogP contribution in [0.3, 0.4) is 0 Å². The molecule has 3 N–H and O–H groups in total. The van der Waals surface area contributed by atoms with Crippen molar-refractivity contribution >= 4 is 23.2 Å². The van der Waals surface area contributed by atoms with Crippen molar-refractivity contribution in [3.05, 3.63) is 40.8 Å². The number of nitrogens with one attached hydrogen (secondary N) is 1. The number of aromatic nitrogens is 4. The van der Waals surface area contributed by atoms with Crippen LogP contribution in [0.4, 0.5) is 27.8 Å². The highest BCUT2D eigenvalue weighted by molar-refractivity contribution is 6.33. The molecule has 0 aliphatic heterocycles. The van der Waals surface area contributed by atoms with E-state index in [-0.39, 0.29) is 11.3 Å². The number of fused-ring (bicyclic) bond motifs is 1. The smallest absolute Gasteiger partial charge is 0.358 e. The molecule has 0 saturated carbocycles. The minimum Gasteiger partial charge on any atom is -0.358 e. The quantitative estimate of drug-likeness (QED) is 0.395. The Kier molecular flexibility index (Phi) is 6.86.